The normalized spacial score (nSPS) is 12.9. The van der Waals surface area contributed by atoms with E-state index in [0.29, 0.717) is 17.0 Å². The SMILES string of the molecule is CCC(C(=O)Nc1cc2oc(C)nc2cc1Cl)S(=O)(=O)c1ccc(C)cc1. The van der Waals surface area contributed by atoms with Gasteiger partial charge in [-0.25, -0.2) is 13.4 Å². The summed E-state index contributed by atoms with van der Waals surface area (Å²) < 4.78 is 31.2. The number of anilines is 1. The topological polar surface area (TPSA) is 89.3 Å². The van der Waals surface area contributed by atoms with Crippen LogP contribution < -0.4 is 5.32 Å². The highest BCUT2D eigenvalue weighted by Crippen LogP contribution is 2.29. The minimum absolute atomic E-state index is 0.113. The second kappa shape index (κ2) is 7.32. The monoisotopic (exact) mass is 406 g/mol. The summed E-state index contributed by atoms with van der Waals surface area (Å²) in [4.78, 5) is 17.0. The molecule has 8 heteroatoms. The van der Waals surface area contributed by atoms with Gasteiger partial charge in [-0.15, -0.1) is 0 Å². The van der Waals surface area contributed by atoms with Crippen molar-refractivity contribution in [3.63, 3.8) is 0 Å². The number of fused-ring (bicyclic) bond motifs is 1. The van der Waals surface area contributed by atoms with Crippen LogP contribution in [0.15, 0.2) is 45.7 Å². The Kier molecular flexibility index (Phi) is 5.26. The average Bonchev–Trinajstić information content (AvgIpc) is 2.94. The van der Waals surface area contributed by atoms with Gasteiger partial charge in [0.2, 0.25) is 5.91 Å². The number of nitrogens with zero attached hydrogens (tertiary/aromatic N) is 1. The number of sulfone groups is 1. The Balaban J connectivity index is 1.91. The molecule has 0 aliphatic carbocycles. The Morgan fingerprint density at radius 1 is 1.22 bits per heavy atom. The molecule has 0 saturated carbocycles. The lowest BCUT2D eigenvalue weighted by Gasteiger charge is -2.16. The maximum Gasteiger partial charge on any atom is 0.243 e. The van der Waals surface area contributed by atoms with Crippen LogP contribution in [0.1, 0.15) is 24.8 Å². The molecule has 3 aromatic rings. The van der Waals surface area contributed by atoms with Crippen molar-refractivity contribution in [1.29, 1.82) is 0 Å². The van der Waals surface area contributed by atoms with Crippen molar-refractivity contribution in [1.82, 2.24) is 4.98 Å². The molecular formula is C19H19ClN2O4S. The number of hydrogen-bond acceptors (Lipinski definition) is 5. The first kappa shape index (κ1) is 19.4. The third-order valence-corrected chi connectivity index (χ3v) is 6.77. The summed E-state index contributed by atoms with van der Waals surface area (Å²) in [6.45, 7) is 5.22. The van der Waals surface area contributed by atoms with Crippen molar-refractivity contribution in [3.8, 4) is 0 Å². The minimum Gasteiger partial charge on any atom is -0.441 e. The van der Waals surface area contributed by atoms with Gasteiger partial charge in [-0.05, 0) is 31.5 Å². The summed E-state index contributed by atoms with van der Waals surface area (Å²) in [6.07, 6.45) is 0.128. The Bertz CT molecular complexity index is 1100. The number of halogens is 1. The van der Waals surface area contributed by atoms with Crippen molar-refractivity contribution in [2.45, 2.75) is 37.3 Å². The van der Waals surface area contributed by atoms with Gasteiger partial charge >= 0.3 is 0 Å². The molecule has 0 radical (unpaired) electrons. The van der Waals surface area contributed by atoms with Crippen LogP contribution in [0.25, 0.3) is 11.1 Å². The summed E-state index contributed by atoms with van der Waals surface area (Å²) >= 11 is 6.21. The molecule has 0 aliphatic heterocycles. The quantitative estimate of drug-likeness (QED) is 0.682. The van der Waals surface area contributed by atoms with E-state index in [9.17, 15) is 13.2 Å². The van der Waals surface area contributed by atoms with Crippen molar-refractivity contribution >= 4 is 44.1 Å². The molecule has 1 aromatic heterocycles. The maximum absolute atomic E-state index is 12.9. The van der Waals surface area contributed by atoms with E-state index in [1.807, 2.05) is 6.92 Å². The summed E-state index contributed by atoms with van der Waals surface area (Å²) in [6, 6.07) is 9.54. The molecule has 1 N–H and O–H groups in total. The second-order valence-corrected chi connectivity index (χ2v) is 8.81. The van der Waals surface area contributed by atoms with E-state index in [4.69, 9.17) is 16.0 Å². The first-order chi connectivity index (χ1) is 12.7. The van der Waals surface area contributed by atoms with Crippen LogP contribution in [-0.2, 0) is 14.6 Å². The van der Waals surface area contributed by atoms with Crippen LogP contribution in [0.5, 0.6) is 0 Å². The lowest BCUT2D eigenvalue weighted by molar-refractivity contribution is -0.115. The molecule has 0 saturated heterocycles. The predicted molar refractivity (Wildman–Crippen MR) is 105 cm³/mol. The summed E-state index contributed by atoms with van der Waals surface area (Å²) in [5.74, 6) is -0.173. The highest BCUT2D eigenvalue weighted by molar-refractivity contribution is 7.92. The Hall–Kier alpha value is -2.38. The molecule has 0 spiro atoms. The number of oxazole rings is 1. The zero-order valence-electron chi connectivity index (χ0n) is 15.1. The molecule has 3 rings (SSSR count). The van der Waals surface area contributed by atoms with E-state index in [0.717, 1.165) is 5.56 Å². The van der Waals surface area contributed by atoms with Crippen LogP contribution in [-0.4, -0.2) is 24.6 Å². The number of aryl methyl sites for hydroxylation is 2. The molecule has 2 aromatic carbocycles. The number of hydrogen-bond donors (Lipinski definition) is 1. The van der Waals surface area contributed by atoms with E-state index in [2.05, 4.69) is 10.3 Å². The van der Waals surface area contributed by atoms with E-state index < -0.39 is 21.0 Å². The number of rotatable bonds is 5. The third kappa shape index (κ3) is 3.84. The molecule has 0 bridgehead atoms. The highest BCUT2D eigenvalue weighted by Gasteiger charge is 2.33. The van der Waals surface area contributed by atoms with Crippen LogP contribution >= 0.6 is 11.6 Å². The van der Waals surface area contributed by atoms with E-state index >= 15 is 0 Å². The van der Waals surface area contributed by atoms with Gasteiger partial charge in [0.1, 0.15) is 10.8 Å². The van der Waals surface area contributed by atoms with Crippen molar-refractivity contribution in [3.05, 3.63) is 52.9 Å². The number of benzene rings is 2. The number of nitrogens with one attached hydrogen (secondary N) is 1. The standard InChI is InChI=1S/C19H19ClN2O4S/c1-4-18(27(24,25)13-7-5-11(2)6-8-13)19(23)22-15-10-17-16(9-14(15)20)21-12(3)26-17/h5-10,18H,4H2,1-3H3,(H,22,23). The van der Waals surface area contributed by atoms with Crippen LogP contribution in [0.2, 0.25) is 5.02 Å². The maximum atomic E-state index is 12.9. The van der Waals surface area contributed by atoms with Gasteiger partial charge < -0.3 is 9.73 Å². The molecule has 6 nitrogen and oxygen atoms in total. The minimum atomic E-state index is -3.83. The fourth-order valence-corrected chi connectivity index (χ4v) is 4.64. The average molecular weight is 407 g/mol. The van der Waals surface area contributed by atoms with Gasteiger partial charge in [-0.3, -0.25) is 4.79 Å². The van der Waals surface area contributed by atoms with Gasteiger partial charge in [0.05, 0.1) is 15.6 Å². The van der Waals surface area contributed by atoms with Crippen LogP contribution in [0.3, 0.4) is 0 Å². The number of carbonyl (C=O) groups is 1. The molecule has 1 atom stereocenters. The van der Waals surface area contributed by atoms with Crippen molar-refractivity contribution in [2.24, 2.45) is 0 Å². The fraction of sp³-hybridized carbons (Fsp3) is 0.263. The van der Waals surface area contributed by atoms with Crippen molar-refractivity contribution in [2.75, 3.05) is 5.32 Å². The lowest BCUT2D eigenvalue weighted by Crippen LogP contribution is -2.34. The van der Waals surface area contributed by atoms with Crippen molar-refractivity contribution < 1.29 is 17.6 Å². The van der Waals surface area contributed by atoms with E-state index in [-0.39, 0.29) is 22.0 Å². The highest BCUT2D eigenvalue weighted by atomic mass is 35.5. The van der Waals surface area contributed by atoms with Gasteiger partial charge in [0, 0.05) is 13.0 Å². The Morgan fingerprint density at radius 2 is 1.89 bits per heavy atom. The van der Waals surface area contributed by atoms with E-state index in [1.54, 1.807) is 38.1 Å². The predicted octanol–water partition coefficient (Wildman–Crippen LogP) is 4.29. The summed E-state index contributed by atoms with van der Waals surface area (Å²) in [5.41, 5.74) is 2.24. The summed E-state index contributed by atoms with van der Waals surface area (Å²) in [7, 11) is -3.83. The van der Waals surface area contributed by atoms with Gasteiger partial charge in [0.15, 0.2) is 21.3 Å². The molecular weight excluding hydrogens is 388 g/mol. The molecule has 1 heterocycles. The Labute approximate surface area is 162 Å². The number of carbonyl (C=O) groups excluding carboxylic acids is 1. The van der Waals surface area contributed by atoms with Gasteiger partial charge in [-0.2, -0.15) is 0 Å². The van der Waals surface area contributed by atoms with Gasteiger partial charge in [0.25, 0.3) is 0 Å². The lowest BCUT2D eigenvalue weighted by atomic mass is 10.2. The zero-order valence-corrected chi connectivity index (χ0v) is 16.7. The molecule has 1 unspecified atom stereocenters. The summed E-state index contributed by atoms with van der Waals surface area (Å²) in [5, 5.41) is 1.64. The largest absolute Gasteiger partial charge is 0.441 e. The molecule has 27 heavy (non-hydrogen) atoms. The molecule has 0 aliphatic rings. The van der Waals surface area contributed by atoms with Crippen LogP contribution in [0, 0.1) is 13.8 Å². The first-order valence-corrected chi connectivity index (χ1v) is 10.3. The first-order valence-electron chi connectivity index (χ1n) is 8.40. The smallest absolute Gasteiger partial charge is 0.243 e. The molecule has 142 valence electrons. The third-order valence-electron chi connectivity index (χ3n) is 4.23. The number of amides is 1. The molecule has 0 fully saturated rings. The zero-order chi connectivity index (χ0) is 19.8. The Morgan fingerprint density at radius 3 is 2.52 bits per heavy atom. The van der Waals surface area contributed by atoms with Crippen LogP contribution in [0.4, 0.5) is 5.69 Å². The second-order valence-electron chi connectivity index (χ2n) is 6.28. The van der Waals surface area contributed by atoms with E-state index in [1.165, 1.54) is 12.1 Å². The number of aromatic nitrogens is 1. The van der Waals surface area contributed by atoms with Gasteiger partial charge in [-0.1, -0.05) is 36.2 Å². The fourth-order valence-electron chi connectivity index (χ4n) is 2.81. The molecule has 1 amide bonds.